The van der Waals surface area contributed by atoms with Gasteiger partial charge in [-0.2, -0.15) is 5.10 Å². The quantitative estimate of drug-likeness (QED) is 0.883. The highest BCUT2D eigenvalue weighted by molar-refractivity contribution is 6.01. The van der Waals surface area contributed by atoms with Crippen molar-refractivity contribution < 1.29 is 14.0 Å². The van der Waals surface area contributed by atoms with Crippen LogP contribution in [0.2, 0.25) is 0 Å². The zero-order valence-electron chi connectivity index (χ0n) is 13.5. The van der Waals surface area contributed by atoms with Crippen LogP contribution in [0.25, 0.3) is 0 Å². The minimum Gasteiger partial charge on any atom is -0.354 e. The van der Waals surface area contributed by atoms with Crippen LogP contribution in [0.1, 0.15) is 29.6 Å². The number of aromatic nitrogens is 3. The number of carbonyl (C=O) groups excluding carboxylic acids is 2. The van der Waals surface area contributed by atoms with E-state index >= 15 is 0 Å². The fourth-order valence-electron chi connectivity index (χ4n) is 2.85. The summed E-state index contributed by atoms with van der Waals surface area (Å²) in [6, 6.07) is 4.03. The van der Waals surface area contributed by atoms with E-state index in [0.717, 1.165) is 5.82 Å². The van der Waals surface area contributed by atoms with Crippen molar-refractivity contribution in [3.8, 4) is 0 Å². The SMILES string of the molecule is Cc1nc(C)n(CCNC(=O)[C@@H]2CC(=O)Nc3ccc(F)cc32)n1. The molecule has 0 fully saturated rings. The normalized spacial score (nSPS) is 16.5. The summed E-state index contributed by atoms with van der Waals surface area (Å²) in [7, 11) is 0. The number of nitrogens with zero attached hydrogens (tertiary/aromatic N) is 3. The van der Waals surface area contributed by atoms with Crippen LogP contribution in [-0.4, -0.2) is 33.1 Å². The number of amides is 2. The van der Waals surface area contributed by atoms with Crippen LogP contribution < -0.4 is 10.6 Å². The Balaban J connectivity index is 1.68. The van der Waals surface area contributed by atoms with Gasteiger partial charge in [0.2, 0.25) is 11.8 Å². The molecular formula is C16H18FN5O2. The van der Waals surface area contributed by atoms with Gasteiger partial charge in [-0.3, -0.25) is 9.59 Å². The first kappa shape index (κ1) is 16.1. The third-order valence-corrected chi connectivity index (χ3v) is 3.95. The summed E-state index contributed by atoms with van der Waals surface area (Å²) in [5.41, 5.74) is 0.982. The van der Waals surface area contributed by atoms with E-state index in [1.165, 1.54) is 18.2 Å². The fraction of sp³-hybridized carbons (Fsp3) is 0.375. The zero-order chi connectivity index (χ0) is 17.3. The summed E-state index contributed by atoms with van der Waals surface area (Å²) in [6.07, 6.45) is 0.00372. The van der Waals surface area contributed by atoms with E-state index in [1.807, 2.05) is 6.92 Å². The van der Waals surface area contributed by atoms with Gasteiger partial charge >= 0.3 is 0 Å². The molecule has 0 saturated carbocycles. The van der Waals surface area contributed by atoms with Crippen molar-refractivity contribution in [1.82, 2.24) is 20.1 Å². The summed E-state index contributed by atoms with van der Waals surface area (Å²) in [6.45, 7) is 4.47. The molecule has 0 radical (unpaired) electrons. The van der Waals surface area contributed by atoms with E-state index in [9.17, 15) is 14.0 Å². The first-order valence-electron chi connectivity index (χ1n) is 7.69. The minimum atomic E-state index is -0.692. The number of hydrogen-bond acceptors (Lipinski definition) is 4. The van der Waals surface area contributed by atoms with Crippen molar-refractivity contribution in [2.45, 2.75) is 32.7 Å². The monoisotopic (exact) mass is 331 g/mol. The molecule has 8 heteroatoms. The molecule has 1 aliphatic rings. The van der Waals surface area contributed by atoms with Gasteiger partial charge in [-0.05, 0) is 37.6 Å². The van der Waals surface area contributed by atoms with Crippen LogP contribution in [0.15, 0.2) is 18.2 Å². The van der Waals surface area contributed by atoms with E-state index in [-0.39, 0.29) is 18.2 Å². The maximum atomic E-state index is 13.5. The molecule has 2 aromatic rings. The molecule has 0 unspecified atom stereocenters. The predicted octanol–water partition coefficient (Wildman–Crippen LogP) is 1.28. The van der Waals surface area contributed by atoms with Crippen LogP contribution in [0.3, 0.4) is 0 Å². The summed E-state index contributed by atoms with van der Waals surface area (Å²) in [5, 5.41) is 9.66. The van der Waals surface area contributed by atoms with E-state index in [1.54, 1.807) is 11.6 Å². The summed E-state index contributed by atoms with van der Waals surface area (Å²) in [5.74, 6) is -0.235. The highest BCUT2D eigenvalue weighted by atomic mass is 19.1. The highest BCUT2D eigenvalue weighted by Crippen LogP contribution is 2.32. The molecule has 0 spiro atoms. The van der Waals surface area contributed by atoms with Gasteiger partial charge in [0.25, 0.3) is 0 Å². The van der Waals surface area contributed by atoms with Crippen LogP contribution in [0.4, 0.5) is 10.1 Å². The molecule has 1 aromatic heterocycles. The number of hydrogen-bond donors (Lipinski definition) is 2. The third-order valence-electron chi connectivity index (χ3n) is 3.95. The molecule has 3 rings (SSSR count). The Hall–Kier alpha value is -2.77. The fourth-order valence-corrected chi connectivity index (χ4v) is 2.85. The molecule has 1 atom stereocenters. The first-order valence-corrected chi connectivity index (χ1v) is 7.69. The van der Waals surface area contributed by atoms with Crippen LogP contribution >= 0.6 is 0 Å². The Morgan fingerprint density at radius 2 is 2.25 bits per heavy atom. The molecule has 1 aliphatic heterocycles. The lowest BCUT2D eigenvalue weighted by Gasteiger charge is -2.24. The van der Waals surface area contributed by atoms with Crippen LogP contribution in [0.5, 0.6) is 0 Å². The van der Waals surface area contributed by atoms with Gasteiger partial charge in [0.05, 0.1) is 12.5 Å². The molecule has 1 aromatic carbocycles. The topological polar surface area (TPSA) is 88.9 Å². The van der Waals surface area contributed by atoms with Crippen molar-refractivity contribution in [3.63, 3.8) is 0 Å². The average Bonchev–Trinajstić information content (AvgIpc) is 2.84. The molecule has 0 aliphatic carbocycles. The van der Waals surface area contributed by atoms with Crippen molar-refractivity contribution in [3.05, 3.63) is 41.2 Å². The third kappa shape index (κ3) is 3.27. The predicted molar refractivity (Wildman–Crippen MR) is 84.9 cm³/mol. The maximum absolute atomic E-state index is 13.5. The van der Waals surface area contributed by atoms with E-state index in [2.05, 4.69) is 20.7 Å². The molecule has 7 nitrogen and oxygen atoms in total. The molecule has 2 heterocycles. The number of nitrogens with one attached hydrogen (secondary N) is 2. The Morgan fingerprint density at radius 1 is 1.46 bits per heavy atom. The van der Waals surface area contributed by atoms with Crippen LogP contribution in [0, 0.1) is 19.7 Å². The van der Waals surface area contributed by atoms with E-state index in [0.29, 0.717) is 30.2 Å². The van der Waals surface area contributed by atoms with Gasteiger partial charge in [-0.25, -0.2) is 14.1 Å². The average molecular weight is 331 g/mol. The second-order valence-corrected chi connectivity index (χ2v) is 5.76. The number of carbonyl (C=O) groups is 2. The minimum absolute atomic E-state index is 0.00372. The lowest BCUT2D eigenvalue weighted by atomic mass is 9.89. The molecule has 0 saturated heterocycles. The summed E-state index contributed by atoms with van der Waals surface area (Å²) in [4.78, 5) is 28.4. The van der Waals surface area contributed by atoms with E-state index < -0.39 is 11.7 Å². The molecule has 0 bridgehead atoms. The molecule has 2 N–H and O–H groups in total. The zero-order valence-corrected chi connectivity index (χ0v) is 13.5. The van der Waals surface area contributed by atoms with Gasteiger partial charge in [-0.1, -0.05) is 0 Å². The maximum Gasteiger partial charge on any atom is 0.228 e. The Labute approximate surface area is 138 Å². The molecular weight excluding hydrogens is 313 g/mol. The largest absolute Gasteiger partial charge is 0.354 e. The van der Waals surface area contributed by atoms with Gasteiger partial charge in [0, 0.05) is 18.7 Å². The smallest absolute Gasteiger partial charge is 0.228 e. The van der Waals surface area contributed by atoms with Crippen molar-refractivity contribution >= 4 is 17.5 Å². The molecule has 126 valence electrons. The number of rotatable bonds is 4. The van der Waals surface area contributed by atoms with Gasteiger partial charge in [0.1, 0.15) is 17.5 Å². The van der Waals surface area contributed by atoms with Gasteiger partial charge < -0.3 is 10.6 Å². The van der Waals surface area contributed by atoms with Gasteiger partial charge in [-0.15, -0.1) is 0 Å². The van der Waals surface area contributed by atoms with Gasteiger partial charge in [0.15, 0.2) is 0 Å². The summed E-state index contributed by atoms with van der Waals surface area (Å²) >= 11 is 0. The highest BCUT2D eigenvalue weighted by Gasteiger charge is 2.30. The summed E-state index contributed by atoms with van der Waals surface area (Å²) < 4.78 is 15.2. The second-order valence-electron chi connectivity index (χ2n) is 5.76. The molecule has 2 amide bonds. The number of anilines is 1. The van der Waals surface area contributed by atoms with E-state index in [4.69, 9.17) is 0 Å². The first-order chi connectivity index (χ1) is 11.4. The van der Waals surface area contributed by atoms with Crippen molar-refractivity contribution in [2.75, 3.05) is 11.9 Å². The second kappa shape index (κ2) is 6.38. The lowest BCUT2D eigenvalue weighted by Crippen LogP contribution is -2.36. The number of aryl methyl sites for hydroxylation is 2. The van der Waals surface area contributed by atoms with Crippen LogP contribution in [-0.2, 0) is 16.1 Å². The lowest BCUT2D eigenvalue weighted by molar-refractivity contribution is -0.126. The number of benzene rings is 1. The van der Waals surface area contributed by atoms with Crippen molar-refractivity contribution in [2.24, 2.45) is 0 Å². The van der Waals surface area contributed by atoms with Crippen molar-refractivity contribution in [1.29, 1.82) is 0 Å². The standard InChI is InChI=1S/C16H18FN5O2/c1-9-19-10(2)22(21-9)6-5-18-16(24)13-8-15(23)20-14-4-3-11(17)7-12(13)14/h3-4,7,13H,5-6,8H2,1-2H3,(H,18,24)(H,20,23)/t13-/m1/s1. The molecule has 24 heavy (non-hydrogen) atoms. The Kier molecular flexibility index (Phi) is 4.28. The Morgan fingerprint density at radius 3 is 2.96 bits per heavy atom. The number of halogens is 1. The number of fused-ring (bicyclic) bond motifs is 1. The Bertz CT molecular complexity index is 802.